The van der Waals surface area contributed by atoms with Gasteiger partial charge in [-0.05, 0) is 19.4 Å². The van der Waals surface area contributed by atoms with Gasteiger partial charge in [0.2, 0.25) is 0 Å². The molecule has 1 fully saturated rings. The third-order valence-corrected chi connectivity index (χ3v) is 1.84. The zero-order valence-corrected chi connectivity index (χ0v) is 8.30. The fraction of sp³-hybridized carbons (Fsp3) is 0.875. The minimum Gasteiger partial charge on any atom is -0.475 e. The number of halogens is 3. The predicted octanol–water partition coefficient (Wildman–Crippen LogP) is 1.02. The Labute approximate surface area is 85.4 Å². The fourth-order valence-electron chi connectivity index (χ4n) is 0.855. The van der Waals surface area contributed by atoms with Crippen LogP contribution in [-0.4, -0.2) is 43.6 Å². The van der Waals surface area contributed by atoms with Crippen LogP contribution >= 0.6 is 0 Å². The molecule has 0 aliphatic carbocycles. The molecule has 90 valence electrons. The first-order valence-corrected chi connectivity index (χ1v) is 4.40. The van der Waals surface area contributed by atoms with Crippen LogP contribution in [0, 0.1) is 0 Å². The molecule has 1 aliphatic rings. The van der Waals surface area contributed by atoms with Crippen molar-refractivity contribution in [2.24, 2.45) is 0 Å². The lowest BCUT2D eigenvalue weighted by Gasteiger charge is -2.26. The third-order valence-electron chi connectivity index (χ3n) is 1.84. The van der Waals surface area contributed by atoms with Gasteiger partial charge in [0.25, 0.3) is 0 Å². The second kappa shape index (κ2) is 6.62. The summed E-state index contributed by atoms with van der Waals surface area (Å²) in [5.74, 6) is -2.76. The van der Waals surface area contributed by atoms with Gasteiger partial charge in [-0.3, -0.25) is 0 Å². The molecule has 0 amide bonds. The van der Waals surface area contributed by atoms with Crippen LogP contribution in [-0.2, 0) is 9.53 Å². The number of alkyl halides is 3. The summed E-state index contributed by atoms with van der Waals surface area (Å²) in [4.78, 5) is 8.90. The van der Waals surface area contributed by atoms with E-state index < -0.39 is 12.1 Å². The van der Waals surface area contributed by atoms with E-state index in [1.165, 1.54) is 19.4 Å². The van der Waals surface area contributed by atoms with E-state index in [-0.39, 0.29) is 0 Å². The Morgan fingerprint density at radius 2 is 2.07 bits per heavy atom. The zero-order valence-electron chi connectivity index (χ0n) is 8.30. The van der Waals surface area contributed by atoms with Crippen LogP contribution in [0.2, 0.25) is 0 Å². The van der Waals surface area contributed by atoms with E-state index in [9.17, 15) is 13.2 Å². The molecular formula is C8H14F3NO3. The molecule has 0 saturated carbocycles. The molecule has 0 aromatic carbocycles. The highest BCUT2D eigenvalue weighted by atomic mass is 19.4. The monoisotopic (exact) mass is 229 g/mol. The number of hydrogen-bond acceptors (Lipinski definition) is 3. The number of hydrogen-bond donors (Lipinski definition) is 2. The van der Waals surface area contributed by atoms with Crippen LogP contribution < -0.4 is 5.32 Å². The van der Waals surface area contributed by atoms with Crippen LogP contribution in [0.1, 0.15) is 12.8 Å². The van der Waals surface area contributed by atoms with Gasteiger partial charge in [-0.25, -0.2) is 4.79 Å². The Hall–Kier alpha value is -0.820. The average molecular weight is 229 g/mol. The van der Waals surface area contributed by atoms with E-state index in [1.54, 1.807) is 7.11 Å². The first kappa shape index (κ1) is 14.2. The largest absolute Gasteiger partial charge is 0.490 e. The topological polar surface area (TPSA) is 58.6 Å². The lowest BCUT2D eigenvalue weighted by molar-refractivity contribution is -0.192. The molecule has 1 aliphatic heterocycles. The quantitative estimate of drug-likeness (QED) is 0.758. The van der Waals surface area contributed by atoms with E-state index in [0.717, 1.165) is 12.6 Å². The van der Waals surface area contributed by atoms with Crippen molar-refractivity contribution >= 4 is 5.97 Å². The lowest BCUT2D eigenvalue weighted by Crippen LogP contribution is -2.43. The van der Waals surface area contributed by atoms with Gasteiger partial charge in [0.1, 0.15) is 0 Å². The van der Waals surface area contributed by atoms with Crippen LogP contribution in [0.3, 0.4) is 0 Å². The van der Waals surface area contributed by atoms with Crippen molar-refractivity contribution in [3.8, 4) is 0 Å². The molecule has 15 heavy (non-hydrogen) atoms. The summed E-state index contributed by atoms with van der Waals surface area (Å²) in [6, 6.07) is 0.759. The van der Waals surface area contributed by atoms with E-state index in [1.807, 2.05) is 0 Å². The zero-order chi connectivity index (χ0) is 11.9. The number of carboxylic acid groups (broad SMARTS) is 1. The number of carboxylic acids is 1. The predicted molar refractivity (Wildman–Crippen MR) is 46.6 cm³/mol. The minimum absolute atomic E-state index is 0.759. The Bertz CT molecular complexity index is 192. The summed E-state index contributed by atoms with van der Waals surface area (Å²) in [5, 5.41) is 10.4. The molecule has 7 heteroatoms. The van der Waals surface area contributed by atoms with Crippen LogP contribution in [0.5, 0.6) is 0 Å². The second-order valence-electron chi connectivity index (χ2n) is 3.02. The molecule has 1 heterocycles. The highest BCUT2D eigenvalue weighted by molar-refractivity contribution is 5.73. The molecule has 0 radical (unpaired) electrons. The van der Waals surface area contributed by atoms with Crippen molar-refractivity contribution in [3.63, 3.8) is 0 Å². The Morgan fingerprint density at radius 1 is 1.60 bits per heavy atom. The summed E-state index contributed by atoms with van der Waals surface area (Å²) in [6.07, 6.45) is -2.57. The van der Waals surface area contributed by atoms with Gasteiger partial charge in [0.15, 0.2) is 0 Å². The van der Waals surface area contributed by atoms with Gasteiger partial charge in [-0.2, -0.15) is 13.2 Å². The maximum atomic E-state index is 10.6. The normalized spacial score (nSPS) is 19.9. The first-order valence-electron chi connectivity index (χ1n) is 4.40. The molecule has 0 bridgehead atoms. The van der Waals surface area contributed by atoms with Gasteiger partial charge in [0, 0.05) is 19.8 Å². The maximum Gasteiger partial charge on any atom is 0.490 e. The molecule has 0 aromatic rings. The number of methoxy groups -OCH3 is 1. The van der Waals surface area contributed by atoms with E-state index >= 15 is 0 Å². The number of aliphatic carboxylic acids is 1. The van der Waals surface area contributed by atoms with Crippen LogP contribution in [0.25, 0.3) is 0 Å². The standard InChI is InChI=1S/C6H13NO.C2HF3O2/c1-8-5-3-6-2-4-7-6;3-2(4,5)1(6)7/h6-7H,2-5H2,1H3;(H,6,7). The van der Waals surface area contributed by atoms with E-state index in [4.69, 9.17) is 14.6 Å². The van der Waals surface area contributed by atoms with Crippen molar-refractivity contribution < 1.29 is 27.8 Å². The molecule has 0 aromatic heterocycles. The fourth-order valence-corrected chi connectivity index (χ4v) is 0.855. The van der Waals surface area contributed by atoms with Crippen LogP contribution in [0.4, 0.5) is 13.2 Å². The first-order chi connectivity index (χ1) is 6.88. The van der Waals surface area contributed by atoms with Crippen LogP contribution in [0.15, 0.2) is 0 Å². The average Bonchev–Trinajstić information content (AvgIpc) is 2.01. The Kier molecular flexibility index (Phi) is 6.26. The molecule has 4 nitrogen and oxygen atoms in total. The second-order valence-corrected chi connectivity index (χ2v) is 3.02. The van der Waals surface area contributed by atoms with E-state index in [2.05, 4.69) is 5.32 Å². The minimum atomic E-state index is -5.08. The number of ether oxygens (including phenoxy) is 1. The molecule has 0 spiro atoms. The summed E-state index contributed by atoms with van der Waals surface area (Å²) in [7, 11) is 1.75. The van der Waals surface area contributed by atoms with Gasteiger partial charge < -0.3 is 15.2 Å². The summed E-state index contributed by atoms with van der Waals surface area (Å²) in [5.41, 5.74) is 0. The van der Waals surface area contributed by atoms with Crippen molar-refractivity contribution in [2.45, 2.75) is 25.1 Å². The van der Waals surface area contributed by atoms with E-state index in [0.29, 0.717) is 0 Å². The number of carbonyl (C=O) groups is 1. The van der Waals surface area contributed by atoms with Crippen molar-refractivity contribution in [1.29, 1.82) is 0 Å². The van der Waals surface area contributed by atoms with Crippen molar-refractivity contribution in [1.82, 2.24) is 5.32 Å². The molecular weight excluding hydrogens is 215 g/mol. The Morgan fingerprint density at radius 3 is 2.27 bits per heavy atom. The summed E-state index contributed by atoms with van der Waals surface area (Å²) < 4.78 is 36.6. The molecule has 2 N–H and O–H groups in total. The number of nitrogens with one attached hydrogen (secondary N) is 1. The molecule has 1 unspecified atom stereocenters. The third kappa shape index (κ3) is 7.15. The highest BCUT2D eigenvalue weighted by Crippen LogP contribution is 2.13. The Balaban J connectivity index is 0.000000265. The summed E-state index contributed by atoms with van der Waals surface area (Å²) >= 11 is 0. The van der Waals surface area contributed by atoms with Crippen molar-refractivity contribution in [2.75, 3.05) is 20.3 Å². The van der Waals surface area contributed by atoms with Gasteiger partial charge in [0.05, 0.1) is 0 Å². The van der Waals surface area contributed by atoms with Gasteiger partial charge in [-0.15, -0.1) is 0 Å². The lowest BCUT2D eigenvalue weighted by atomic mass is 10.1. The molecule has 1 saturated heterocycles. The molecule has 1 atom stereocenters. The number of rotatable bonds is 3. The highest BCUT2D eigenvalue weighted by Gasteiger charge is 2.38. The SMILES string of the molecule is COCCC1CCN1.O=C(O)C(F)(F)F. The maximum absolute atomic E-state index is 10.6. The van der Waals surface area contributed by atoms with Crippen molar-refractivity contribution in [3.05, 3.63) is 0 Å². The summed E-state index contributed by atoms with van der Waals surface area (Å²) in [6.45, 7) is 2.10. The molecule has 1 rings (SSSR count). The van der Waals surface area contributed by atoms with Gasteiger partial charge >= 0.3 is 12.1 Å². The van der Waals surface area contributed by atoms with Gasteiger partial charge in [-0.1, -0.05) is 0 Å². The smallest absolute Gasteiger partial charge is 0.475 e.